The zero-order valence-electron chi connectivity index (χ0n) is 9.35. The van der Waals surface area contributed by atoms with Crippen LogP contribution in [-0.4, -0.2) is 24.7 Å². The molecular formula is C13H15NO2. The summed E-state index contributed by atoms with van der Waals surface area (Å²) in [6.45, 7) is 3.78. The summed E-state index contributed by atoms with van der Waals surface area (Å²) in [6, 6.07) is 10.3. The third kappa shape index (κ3) is 1.39. The van der Waals surface area contributed by atoms with Crippen molar-refractivity contribution in [3.63, 3.8) is 0 Å². The molecule has 3 rings (SSSR count). The molecule has 0 saturated carbocycles. The number of ether oxygens (including phenoxy) is 1. The van der Waals surface area contributed by atoms with Gasteiger partial charge in [-0.2, -0.15) is 0 Å². The van der Waals surface area contributed by atoms with Crippen molar-refractivity contribution >= 4 is 11.7 Å². The number of para-hydroxylation sites is 1. The van der Waals surface area contributed by atoms with Crippen LogP contribution >= 0.6 is 0 Å². The Morgan fingerprint density at radius 1 is 1.38 bits per heavy atom. The number of benzene rings is 1. The Morgan fingerprint density at radius 2 is 2.12 bits per heavy atom. The van der Waals surface area contributed by atoms with Crippen LogP contribution in [0.15, 0.2) is 30.3 Å². The Hall–Kier alpha value is -1.51. The third-order valence-corrected chi connectivity index (χ3v) is 3.69. The van der Waals surface area contributed by atoms with Crippen LogP contribution in [0.25, 0.3) is 0 Å². The molecular weight excluding hydrogens is 202 g/mol. The molecule has 0 unspecified atom stereocenters. The summed E-state index contributed by atoms with van der Waals surface area (Å²) in [5.41, 5.74) is 0.946. The minimum Gasteiger partial charge on any atom is -0.457 e. The van der Waals surface area contributed by atoms with Crippen molar-refractivity contribution < 1.29 is 9.53 Å². The lowest BCUT2D eigenvalue weighted by Crippen LogP contribution is -2.33. The van der Waals surface area contributed by atoms with Crippen molar-refractivity contribution in [1.29, 1.82) is 0 Å². The highest BCUT2D eigenvalue weighted by atomic mass is 16.6. The van der Waals surface area contributed by atoms with Gasteiger partial charge in [0.05, 0.1) is 13.0 Å². The van der Waals surface area contributed by atoms with Crippen molar-refractivity contribution in [2.24, 2.45) is 5.92 Å². The van der Waals surface area contributed by atoms with E-state index < -0.39 is 0 Å². The number of rotatable bonds is 1. The third-order valence-electron chi connectivity index (χ3n) is 3.69. The average Bonchev–Trinajstić information content (AvgIpc) is 2.70. The fourth-order valence-corrected chi connectivity index (χ4v) is 2.77. The Bertz CT molecular complexity index is 417. The molecule has 1 aromatic carbocycles. The molecule has 2 aliphatic rings. The summed E-state index contributed by atoms with van der Waals surface area (Å²) < 4.78 is 5.44. The van der Waals surface area contributed by atoms with Crippen molar-refractivity contribution in [3.8, 4) is 0 Å². The van der Waals surface area contributed by atoms with Gasteiger partial charge in [0, 0.05) is 18.2 Å². The normalized spacial score (nSPS) is 32.7. The highest BCUT2D eigenvalue weighted by molar-refractivity contribution is 5.74. The SMILES string of the molecule is C[C@@]12CN(c3ccccc3)C[C@@H]1CC(=O)O2. The van der Waals surface area contributed by atoms with Gasteiger partial charge in [-0.05, 0) is 19.1 Å². The summed E-state index contributed by atoms with van der Waals surface area (Å²) in [4.78, 5) is 13.6. The quantitative estimate of drug-likeness (QED) is 0.672. The fraction of sp³-hybridized carbons (Fsp3) is 0.462. The average molecular weight is 217 g/mol. The minimum atomic E-state index is -0.271. The molecule has 2 fully saturated rings. The minimum absolute atomic E-state index is 0.0415. The van der Waals surface area contributed by atoms with E-state index in [1.54, 1.807) is 0 Å². The maximum absolute atomic E-state index is 11.3. The van der Waals surface area contributed by atoms with Gasteiger partial charge in [0.15, 0.2) is 0 Å². The molecule has 0 bridgehead atoms. The van der Waals surface area contributed by atoms with Crippen LogP contribution in [0.4, 0.5) is 5.69 Å². The van der Waals surface area contributed by atoms with E-state index in [1.807, 2.05) is 25.1 Å². The second kappa shape index (κ2) is 3.24. The number of nitrogens with zero attached hydrogens (tertiary/aromatic N) is 1. The van der Waals surface area contributed by atoms with E-state index in [-0.39, 0.29) is 11.6 Å². The largest absolute Gasteiger partial charge is 0.457 e. The summed E-state index contributed by atoms with van der Waals surface area (Å²) in [6.07, 6.45) is 0.569. The second-order valence-corrected chi connectivity index (χ2v) is 4.90. The van der Waals surface area contributed by atoms with Crippen molar-refractivity contribution in [2.45, 2.75) is 18.9 Å². The number of esters is 1. The molecule has 0 radical (unpaired) electrons. The lowest BCUT2D eigenvalue weighted by atomic mass is 9.93. The summed E-state index contributed by atoms with van der Waals surface area (Å²) in [5.74, 6) is 0.306. The van der Waals surface area contributed by atoms with Gasteiger partial charge in [-0.1, -0.05) is 18.2 Å². The molecule has 2 heterocycles. The number of carbonyl (C=O) groups is 1. The lowest BCUT2D eigenvalue weighted by Gasteiger charge is -2.23. The van der Waals surface area contributed by atoms with Gasteiger partial charge in [-0.15, -0.1) is 0 Å². The smallest absolute Gasteiger partial charge is 0.306 e. The predicted molar refractivity (Wildman–Crippen MR) is 61.3 cm³/mol. The summed E-state index contributed by atoms with van der Waals surface area (Å²) >= 11 is 0. The van der Waals surface area contributed by atoms with Gasteiger partial charge < -0.3 is 9.64 Å². The molecule has 0 aromatic heterocycles. The van der Waals surface area contributed by atoms with E-state index in [9.17, 15) is 4.79 Å². The van der Waals surface area contributed by atoms with Crippen LogP contribution in [0, 0.1) is 5.92 Å². The van der Waals surface area contributed by atoms with Crippen LogP contribution in [0.5, 0.6) is 0 Å². The van der Waals surface area contributed by atoms with Crippen molar-refractivity contribution in [3.05, 3.63) is 30.3 Å². The van der Waals surface area contributed by atoms with Crippen LogP contribution in [0.2, 0.25) is 0 Å². The van der Waals surface area contributed by atoms with E-state index in [0.29, 0.717) is 12.3 Å². The van der Waals surface area contributed by atoms with Gasteiger partial charge in [0.25, 0.3) is 0 Å². The van der Waals surface area contributed by atoms with Crippen LogP contribution in [0.1, 0.15) is 13.3 Å². The molecule has 1 aromatic rings. The maximum atomic E-state index is 11.3. The van der Waals surface area contributed by atoms with Crippen LogP contribution in [0.3, 0.4) is 0 Å². The Labute approximate surface area is 95.0 Å². The zero-order valence-corrected chi connectivity index (χ0v) is 9.35. The summed E-state index contributed by atoms with van der Waals surface area (Å²) in [7, 11) is 0. The Morgan fingerprint density at radius 3 is 2.81 bits per heavy atom. The highest BCUT2D eigenvalue weighted by Crippen LogP contribution is 2.40. The number of hydrogen-bond acceptors (Lipinski definition) is 3. The molecule has 0 amide bonds. The molecule has 3 nitrogen and oxygen atoms in total. The van der Waals surface area contributed by atoms with Gasteiger partial charge in [-0.25, -0.2) is 0 Å². The van der Waals surface area contributed by atoms with E-state index in [1.165, 1.54) is 5.69 Å². The highest BCUT2D eigenvalue weighted by Gasteiger charge is 2.51. The maximum Gasteiger partial charge on any atom is 0.306 e. The number of hydrogen-bond donors (Lipinski definition) is 0. The Kier molecular flexibility index (Phi) is 1.96. The van der Waals surface area contributed by atoms with E-state index in [0.717, 1.165) is 13.1 Å². The van der Waals surface area contributed by atoms with E-state index in [4.69, 9.17) is 4.74 Å². The van der Waals surface area contributed by atoms with Crippen molar-refractivity contribution in [2.75, 3.05) is 18.0 Å². The van der Waals surface area contributed by atoms with Crippen LogP contribution < -0.4 is 4.90 Å². The molecule has 2 aliphatic heterocycles. The lowest BCUT2D eigenvalue weighted by molar-refractivity contribution is -0.146. The number of carbonyl (C=O) groups excluding carboxylic acids is 1. The number of fused-ring (bicyclic) bond motifs is 1. The van der Waals surface area contributed by atoms with Crippen molar-refractivity contribution in [1.82, 2.24) is 0 Å². The topological polar surface area (TPSA) is 29.5 Å². The van der Waals surface area contributed by atoms with Crippen LogP contribution in [-0.2, 0) is 9.53 Å². The predicted octanol–water partition coefficient (Wildman–Crippen LogP) is 1.83. The zero-order chi connectivity index (χ0) is 11.2. The standard InChI is InChI=1S/C13H15NO2/c1-13-9-14(11-5-3-2-4-6-11)8-10(13)7-12(15)16-13/h2-6,10H,7-9H2,1H3/t10-,13+/m0/s1. The monoisotopic (exact) mass is 217 g/mol. The first-order chi connectivity index (χ1) is 7.67. The second-order valence-electron chi connectivity index (χ2n) is 4.90. The molecule has 16 heavy (non-hydrogen) atoms. The Balaban J connectivity index is 1.83. The first-order valence-corrected chi connectivity index (χ1v) is 5.69. The first kappa shape index (κ1) is 9.70. The van der Waals surface area contributed by atoms with Gasteiger partial charge >= 0.3 is 5.97 Å². The van der Waals surface area contributed by atoms with Gasteiger partial charge in [0.1, 0.15) is 5.60 Å². The first-order valence-electron chi connectivity index (χ1n) is 5.69. The van der Waals surface area contributed by atoms with Gasteiger partial charge in [-0.3, -0.25) is 4.79 Å². The molecule has 3 heteroatoms. The fourth-order valence-electron chi connectivity index (χ4n) is 2.77. The molecule has 2 atom stereocenters. The molecule has 0 aliphatic carbocycles. The van der Waals surface area contributed by atoms with E-state index >= 15 is 0 Å². The molecule has 2 saturated heterocycles. The van der Waals surface area contributed by atoms with E-state index in [2.05, 4.69) is 17.0 Å². The molecule has 0 spiro atoms. The molecule has 84 valence electrons. The number of anilines is 1. The molecule has 0 N–H and O–H groups in total. The summed E-state index contributed by atoms with van der Waals surface area (Å²) in [5, 5.41) is 0. The van der Waals surface area contributed by atoms with Gasteiger partial charge in [0.2, 0.25) is 0 Å².